The fraction of sp³-hybridized carbons (Fsp3) is 0.370. The minimum absolute atomic E-state index is 0.196. The number of hydrogen-bond acceptors (Lipinski definition) is 3. The fourth-order valence-electron chi connectivity index (χ4n) is 4.52. The van der Waals surface area contributed by atoms with Gasteiger partial charge >= 0.3 is 0 Å². The van der Waals surface area contributed by atoms with Crippen molar-refractivity contribution in [3.8, 4) is 11.3 Å². The van der Waals surface area contributed by atoms with Gasteiger partial charge in [0.15, 0.2) is 29.1 Å². The smallest absolute Gasteiger partial charge is 0.233 e. The van der Waals surface area contributed by atoms with Crippen molar-refractivity contribution in [3.63, 3.8) is 0 Å². The Bertz CT molecular complexity index is 1340. The van der Waals surface area contributed by atoms with Crippen LogP contribution >= 0.6 is 0 Å². The molecule has 1 amide bonds. The molecular formula is C27H26F5N3O. The molecule has 0 saturated carbocycles. The summed E-state index contributed by atoms with van der Waals surface area (Å²) in [6, 6.07) is 4.45. The number of carbonyl (C=O) groups is 1. The molecule has 1 aromatic heterocycles. The van der Waals surface area contributed by atoms with Crippen LogP contribution in [0.3, 0.4) is 0 Å². The third-order valence-corrected chi connectivity index (χ3v) is 6.13. The zero-order valence-electron chi connectivity index (χ0n) is 20.3. The van der Waals surface area contributed by atoms with Crippen molar-refractivity contribution in [3.05, 3.63) is 75.4 Å². The molecule has 1 aliphatic heterocycles. The number of anilines is 1. The molecule has 5 rings (SSSR count). The number of halogens is 5. The van der Waals surface area contributed by atoms with Crippen molar-refractivity contribution < 1.29 is 26.7 Å². The number of nitrogens with zero attached hydrogens (tertiary/aromatic N) is 3. The summed E-state index contributed by atoms with van der Waals surface area (Å²) in [4.78, 5) is 23.4. The van der Waals surface area contributed by atoms with E-state index in [2.05, 4.69) is 18.8 Å². The van der Waals surface area contributed by atoms with Gasteiger partial charge < -0.3 is 0 Å². The third kappa shape index (κ3) is 4.47. The standard InChI is InChI=1S/C24H18F5N3O.C3H8/c1-2-3-17-24(31-16-7-4-11-8-12(25)5-6-13(11)23(16)30-17)32-10-15-14(9-18(32)33)19(26)21(28)22(29)20(15)27;1-3-2/h5-6,8H,2-4,7,9-10H2,1H3;3H2,1-2H3. The number of aryl methyl sites for hydroxylation is 3. The Balaban J connectivity index is 0.000000967. The summed E-state index contributed by atoms with van der Waals surface area (Å²) in [5.74, 6) is -7.66. The van der Waals surface area contributed by atoms with E-state index in [9.17, 15) is 26.7 Å². The number of carbonyl (C=O) groups excluding carboxylic acids is 1. The molecule has 9 heteroatoms. The molecule has 2 aliphatic rings. The van der Waals surface area contributed by atoms with Crippen molar-refractivity contribution in [2.75, 3.05) is 4.90 Å². The predicted octanol–water partition coefficient (Wildman–Crippen LogP) is 6.40. The van der Waals surface area contributed by atoms with Gasteiger partial charge in [-0.3, -0.25) is 9.69 Å². The Morgan fingerprint density at radius 3 is 2.22 bits per heavy atom. The van der Waals surface area contributed by atoms with Crippen LogP contribution in [0.2, 0.25) is 0 Å². The molecule has 0 saturated heterocycles. The van der Waals surface area contributed by atoms with Crippen LogP contribution in [0.15, 0.2) is 18.2 Å². The van der Waals surface area contributed by atoms with Crippen LogP contribution in [0.25, 0.3) is 11.3 Å². The van der Waals surface area contributed by atoms with E-state index in [0.717, 1.165) is 16.0 Å². The van der Waals surface area contributed by atoms with E-state index >= 15 is 0 Å². The lowest BCUT2D eigenvalue weighted by Gasteiger charge is -2.31. The van der Waals surface area contributed by atoms with E-state index in [1.807, 2.05) is 6.92 Å². The number of aromatic nitrogens is 2. The van der Waals surface area contributed by atoms with Crippen LogP contribution in [0.1, 0.15) is 61.7 Å². The van der Waals surface area contributed by atoms with E-state index in [1.165, 1.54) is 18.6 Å². The second-order valence-corrected chi connectivity index (χ2v) is 8.92. The molecule has 2 heterocycles. The molecule has 0 N–H and O–H groups in total. The second kappa shape index (κ2) is 10.3. The normalized spacial score (nSPS) is 14.0. The molecule has 36 heavy (non-hydrogen) atoms. The maximum Gasteiger partial charge on any atom is 0.233 e. The molecule has 0 bridgehead atoms. The summed E-state index contributed by atoms with van der Waals surface area (Å²) in [6.45, 7) is 5.68. The topological polar surface area (TPSA) is 46.1 Å². The zero-order chi connectivity index (χ0) is 26.1. The van der Waals surface area contributed by atoms with Gasteiger partial charge in [0, 0.05) is 16.7 Å². The van der Waals surface area contributed by atoms with E-state index < -0.39 is 53.3 Å². The maximum atomic E-state index is 14.5. The zero-order valence-corrected chi connectivity index (χ0v) is 20.3. The van der Waals surface area contributed by atoms with Gasteiger partial charge in [0.25, 0.3) is 0 Å². The molecule has 0 spiro atoms. The lowest BCUT2D eigenvalue weighted by atomic mass is 9.91. The van der Waals surface area contributed by atoms with Crippen LogP contribution in [0.4, 0.5) is 27.8 Å². The van der Waals surface area contributed by atoms with Gasteiger partial charge in [-0.05, 0) is 43.0 Å². The molecule has 2 aromatic carbocycles. The molecule has 190 valence electrons. The quantitative estimate of drug-likeness (QED) is 0.236. The van der Waals surface area contributed by atoms with E-state index in [0.29, 0.717) is 42.8 Å². The number of hydrogen-bond donors (Lipinski definition) is 0. The molecule has 0 unspecified atom stereocenters. The van der Waals surface area contributed by atoms with Gasteiger partial charge in [-0.25, -0.2) is 31.9 Å². The first-order chi connectivity index (χ1) is 17.2. The highest BCUT2D eigenvalue weighted by Gasteiger charge is 2.35. The summed E-state index contributed by atoms with van der Waals surface area (Å²) in [7, 11) is 0. The van der Waals surface area contributed by atoms with Crippen LogP contribution in [-0.4, -0.2) is 15.9 Å². The second-order valence-electron chi connectivity index (χ2n) is 8.92. The SMILES string of the molecule is CCC.CCCc1nc2c(nc1N1Cc3c(F)c(F)c(F)c(F)c3CC1=O)CCc1cc(F)ccc1-2. The minimum atomic E-state index is -1.93. The molecule has 0 atom stereocenters. The van der Waals surface area contributed by atoms with Crippen LogP contribution in [0, 0.1) is 29.1 Å². The summed E-state index contributed by atoms with van der Waals surface area (Å²) in [5, 5.41) is 0. The Labute approximate surface area is 206 Å². The molecule has 4 nitrogen and oxygen atoms in total. The first-order valence-electron chi connectivity index (χ1n) is 12.0. The molecular weight excluding hydrogens is 477 g/mol. The van der Waals surface area contributed by atoms with Crippen LogP contribution < -0.4 is 4.90 Å². The maximum absolute atomic E-state index is 14.5. The highest BCUT2D eigenvalue weighted by Crippen LogP contribution is 2.37. The van der Waals surface area contributed by atoms with E-state index in [1.54, 1.807) is 6.07 Å². The van der Waals surface area contributed by atoms with Crippen molar-refractivity contribution in [2.45, 2.75) is 65.8 Å². The number of fused-ring (bicyclic) bond motifs is 4. The highest BCUT2D eigenvalue weighted by molar-refractivity contribution is 5.96. The Kier molecular flexibility index (Phi) is 7.38. The molecule has 0 fully saturated rings. The summed E-state index contributed by atoms with van der Waals surface area (Å²) in [6.07, 6.45) is 2.72. The number of rotatable bonds is 3. The summed E-state index contributed by atoms with van der Waals surface area (Å²) >= 11 is 0. The Morgan fingerprint density at radius 2 is 1.56 bits per heavy atom. The molecule has 3 aromatic rings. The summed E-state index contributed by atoms with van der Waals surface area (Å²) in [5.41, 5.74) is 2.34. The van der Waals surface area contributed by atoms with Gasteiger partial charge in [-0.15, -0.1) is 0 Å². The van der Waals surface area contributed by atoms with Crippen molar-refractivity contribution >= 4 is 11.7 Å². The van der Waals surface area contributed by atoms with Gasteiger partial charge in [-0.2, -0.15) is 0 Å². The van der Waals surface area contributed by atoms with Gasteiger partial charge in [-0.1, -0.05) is 33.6 Å². The van der Waals surface area contributed by atoms with Gasteiger partial charge in [0.2, 0.25) is 5.91 Å². The fourth-order valence-corrected chi connectivity index (χ4v) is 4.52. The monoisotopic (exact) mass is 503 g/mol. The van der Waals surface area contributed by atoms with E-state index in [-0.39, 0.29) is 11.6 Å². The Hall–Kier alpha value is -3.36. The first-order valence-corrected chi connectivity index (χ1v) is 12.0. The van der Waals surface area contributed by atoms with Crippen molar-refractivity contribution in [1.82, 2.24) is 9.97 Å². The number of amides is 1. The predicted molar refractivity (Wildman–Crippen MR) is 126 cm³/mol. The van der Waals surface area contributed by atoms with Crippen LogP contribution in [0.5, 0.6) is 0 Å². The average molecular weight is 504 g/mol. The van der Waals surface area contributed by atoms with Gasteiger partial charge in [0.1, 0.15) is 5.82 Å². The summed E-state index contributed by atoms with van der Waals surface area (Å²) < 4.78 is 69.9. The average Bonchev–Trinajstić information content (AvgIpc) is 2.86. The molecule has 0 radical (unpaired) electrons. The molecule has 1 aliphatic carbocycles. The van der Waals surface area contributed by atoms with Crippen molar-refractivity contribution in [2.24, 2.45) is 0 Å². The number of benzene rings is 2. The largest absolute Gasteiger partial charge is 0.290 e. The lowest BCUT2D eigenvalue weighted by Crippen LogP contribution is -2.39. The van der Waals surface area contributed by atoms with Crippen molar-refractivity contribution in [1.29, 1.82) is 0 Å². The first kappa shape index (κ1) is 25.7. The third-order valence-electron chi connectivity index (χ3n) is 6.13. The lowest BCUT2D eigenvalue weighted by molar-refractivity contribution is -0.118. The highest BCUT2D eigenvalue weighted by atomic mass is 19.2. The van der Waals surface area contributed by atoms with Crippen LogP contribution in [-0.2, 0) is 37.0 Å². The van der Waals surface area contributed by atoms with E-state index in [4.69, 9.17) is 4.98 Å². The Morgan fingerprint density at radius 1 is 0.889 bits per heavy atom. The van der Waals surface area contributed by atoms with Gasteiger partial charge in [0.05, 0.1) is 30.0 Å². The minimum Gasteiger partial charge on any atom is -0.290 e.